The highest BCUT2D eigenvalue weighted by Gasteiger charge is 2.16. The zero-order valence-corrected chi connectivity index (χ0v) is 18.6. The Kier molecular flexibility index (Phi) is 7.70. The van der Waals surface area contributed by atoms with Crippen molar-refractivity contribution in [2.75, 3.05) is 20.3 Å². The number of amides is 2. The molecule has 0 fully saturated rings. The smallest absolute Gasteiger partial charge is 0.279 e. The number of ether oxygens (including phenoxy) is 1. The van der Waals surface area contributed by atoms with Gasteiger partial charge in [0.05, 0.1) is 16.4 Å². The zero-order valence-electron chi connectivity index (χ0n) is 16.9. The minimum absolute atomic E-state index is 0.00102. The Morgan fingerprint density at radius 2 is 1.59 bits per heavy atom. The maximum atomic E-state index is 13.1. The van der Waals surface area contributed by atoms with Crippen molar-refractivity contribution in [3.8, 4) is 10.4 Å². The van der Waals surface area contributed by atoms with Gasteiger partial charge >= 0.3 is 0 Å². The van der Waals surface area contributed by atoms with E-state index in [2.05, 4.69) is 15.6 Å². The number of hydrogen-bond donors (Lipinski definition) is 3. The fourth-order valence-corrected chi connectivity index (χ4v) is 4.54. The summed E-state index contributed by atoms with van der Waals surface area (Å²) in [5.74, 6) is -1.47. The van der Waals surface area contributed by atoms with Crippen molar-refractivity contribution >= 4 is 33.2 Å². The largest absolute Gasteiger partial charge is 0.383 e. The van der Waals surface area contributed by atoms with Gasteiger partial charge in [0.15, 0.2) is 0 Å². The molecule has 0 radical (unpaired) electrons. The summed E-state index contributed by atoms with van der Waals surface area (Å²) >= 11 is 1.19. The number of carbonyl (C=O) groups excluding carboxylic acids is 2. The van der Waals surface area contributed by atoms with E-state index < -0.39 is 21.8 Å². The lowest BCUT2D eigenvalue weighted by Crippen LogP contribution is -2.41. The quantitative estimate of drug-likeness (QED) is 0.341. The van der Waals surface area contributed by atoms with Crippen molar-refractivity contribution in [1.82, 2.24) is 15.6 Å². The minimum atomic E-state index is -3.71. The highest BCUT2D eigenvalue weighted by Crippen LogP contribution is 2.28. The number of sulfonamides is 1. The van der Waals surface area contributed by atoms with Gasteiger partial charge in [-0.3, -0.25) is 20.4 Å². The molecule has 2 aromatic carbocycles. The number of thiophene rings is 1. The lowest BCUT2D eigenvalue weighted by Gasteiger charge is -2.08. The molecule has 2 amide bonds. The standard InChI is InChI=1S/C21H20FN3O5S2/c1-30-13-12-23-32(28,29)17-8-4-15(5-9-17)20(26)24-25-21(27)19-11-10-18(31-19)14-2-6-16(22)7-3-14/h2-11,23H,12-13H2,1H3,(H,24,26)(H,25,27). The number of halogens is 1. The molecule has 0 aliphatic heterocycles. The summed E-state index contributed by atoms with van der Waals surface area (Å²) in [5.41, 5.74) is 5.54. The number of hydrazine groups is 1. The second kappa shape index (κ2) is 10.5. The van der Waals surface area contributed by atoms with Crippen LogP contribution in [0.4, 0.5) is 4.39 Å². The van der Waals surface area contributed by atoms with Gasteiger partial charge in [-0.1, -0.05) is 12.1 Å². The lowest BCUT2D eigenvalue weighted by atomic mass is 10.2. The number of methoxy groups -OCH3 is 1. The third-order valence-electron chi connectivity index (χ3n) is 4.27. The van der Waals surface area contributed by atoms with Crippen LogP contribution in [0.5, 0.6) is 0 Å². The van der Waals surface area contributed by atoms with Gasteiger partial charge in [0, 0.05) is 24.1 Å². The van der Waals surface area contributed by atoms with Crippen LogP contribution in [-0.4, -0.2) is 40.5 Å². The van der Waals surface area contributed by atoms with Crippen LogP contribution in [0, 0.1) is 5.82 Å². The molecule has 0 atom stereocenters. The summed E-state index contributed by atoms with van der Waals surface area (Å²) < 4.78 is 44.5. The number of benzene rings is 2. The molecule has 168 valence electrons. The molecule has 1 aromatic heterocycles. The first-order chi connectivity index (χ1) is 15.3. The van der Waals surface area contributed by atoms with E-state index in [-0.39, 0.29) is 29.4 Å². The normalized spacial score (nSPS) is 11.2. The van der Waals surface area contributed by atoms with Gasteiger partial charge in [-0.05, 0) is 54.1 Å². The first-order valence-electron chi connectivity index (χ1n) is 9.35. The van der Waals surface area contributed by atoms with Gasteiger partial charge < -0.3 is 4.74 Å². The molecule has 3 rings (SSSR count). The molecule has 0 aliphatic carbocycles. The van der Waals surface area contributed by atoms with Crippen LogP contribution in [0.2, 0.25) is 0 Å². The first kappa shape index (κ1) is 23.5. The van der Waals surface area contributed by atoms with Gasteiger partial charge in [-0.15, -0.1) is 11.3 Å². The van der Waals surface area contributed by atoms with Crippen LogP contribution in [0.1, 0.15) is 20.0 Å². The average molecular weight is 478 g/mol. The van der Waals surface area contributed by atoms with Crippen molar-refractivity contribution in [2.45, 2.75) is 4.90 Å². The van der Waals surface area contributed by atoms with E-state index in [1.807, 2.05) is 0 Å². The summed E-state index contributed by atoms with van der Waals surface area (Å²) in [5, 5.41) is 0. The van der Waals surface area contributed by atoms with Crippen molar-refractivity contribution in [3.05, 3.63) is 76.9 Å². The van der Waals surface area contributed by atoms with E-state index in [0.29, 0.717) is 4.88 Å². The van der Waals surface area contributed by atoms with Crippen molar-refractivity contribution in [1.29, 1.82) is 0 Å². The van der Waals surface area contributed by atoms with Gasteiger partial charge in [-0.25, -0.2) is 17.5 Å². The molecule has 1 heterocycles. The molecular weight excluding hydrogens is 457 g/mol. The Hall–Kier alpha value is -3.12. The van der Waals surface area contributed by atoms with Crippen molar-refractivity contribution in [2.24, 2.45) is 0 Å². The number of carbonyl (C=O) groups is 2. The van der Waals surface area contributed by atoms with Crippen LogP contribution in [0.3, 0.4) is 0 Å². The second-order valence-corrected chi connectivity index (χ2v) is 9.34. The molecule has 32 heavy (non-hydrogen) atoms. The van der Waals surface area contributed by atoms with Gasteiger partial charge in [0.1, 0.15) is 5.82 Å². The zero-order chi connectivity index (χ0) is 23.1. The van der Waals surface area contributed by atoms with E-state index in [4.69, 9.17) is 4.74 Å². The SMILES string of the molecule is COCCNS(=O)(=O)c1ccc(C(=O)NNC(=O)c2ccc(-c3ccc(F)cc3)s2)cc1. The van der Waals surface area contributed by atoms with Gasteiger partial charge in [-0.2, -0.15) is 0 Å². The molecule has 0 saturated heterocycles. The van der Waals surface area contributed by atoms with Gasteiger partial charge in [0.25, 0.3) is 11.8 Å². The molecule has 0 spiro atoms. The Bertz CT molecular complexity index is 1190. The van der Waals surface area contributed by atoms with E-state index in [1.165, 1.54) is 54.8 Å². The molecular formula is C21H20FN3O5S2. The van der Waals surface area contributed by atoms with Crippen LogP contribution in [0.15, 0.2) is 65.6 Å². The summed E-state index contributed by atoms with van der Waals surface area (Å²) in [7, 11) is -2.25. The molecule has 3 N–H and O–H groups in total. The molecule has 0 unspecified atom stereocenters. The lowest BCUT2D eigenvalue weighted by molar-refractivity contribution is 0.0849. The molecule has 8 nitrogen and oxygen atoms in total. The predicted octanol–water partition coefficient (Wildman–Crippen LogP) is 2.55. The summed E-state index contributed by atoms with van der Waals surface area (Å²) in [6.45, 7) is 0.355. The van der Waals surface area contributed by atoms with Crippen molar-refractivity contribution in [3.63, 3.8) is 0 Å². The molecule has 11 heteroatoms. The number of hydrogen-bond acceptors (Lipinski definition) is 6. The molecule has 0 aliphatic rings. The Labute approximate surface area is 188 Å². The first-order valence-corrected chi connectivity index (χ1v) is 11.7. The summed E-state index contributed by atoms with van der Waals surface area (Å²) in [6, 6.07) is 14.5. The molecule has 0 saturated carbocycles. The predicted molar refractivity (Wildman–Crippen MR) is 118 cm³/mol. The van der Waals surface area contributed by atoms with Gasteiger partial charge in [0.2, 0.25) is 10.0 Å². The Morgan fingerprint density at radius 3 is 2.25 bits per heavy atom. The van der Waals surface area contributed by atoms with E-state index in [0.717, 1.165) is 10.4 Å². The van der Waals surface area contributed by atoms with Crippen LogP contribution in [-0.2, 0) is 14.8 Å². The van der Waals surface area contributed by atoms with Crippen LogP contribution >= 0.6 is 11.3 Å². The van der Waals surface area contributed by atoms with Crippen molar-refractivity contribution < 1.29 is 27.1 Å². The Morgan fingerprint density at radius 1 is 0.938 bits per heavy atom. The minimum Gasteiger partial charge on any atom is -0.383 e. The average Bonchev–Trinajstić information content (AvgIpc) is 3.28. The van der Waals surface area contributed by atoms with Crippen LogP contribution < -0.4 is 15.6 Å². The van der Waals surface area contributed by atoms with Crippen LogP contribution in [0.25, 0.3) is 10.4 Å². The summed E-state index contributed by atoms with van der Waals surface area (Å²) in [6.07, 6.45) is 0. The summed E-state index contributed by atoms with van der Waals surface area (Å²) in [4.78, 5) is 25.7. The number of rotatable bonds is 8. The fraction of sp³-hybridized carbons (Fsp3) is 0.143. The highest BCUT2D eigenvalue weighted by atomic mass is 32.2. The number of nitrogens with one attached hydrogen (secondary N) is 3. The topological polar surface area (TPSA) is 114 Å². The molecule has 0 bridgehead atoms. The van der Waals surface area contributed by atoms with E-state index in [1.54, 1.807) is 24.3 Å². The third kappa shape index (κ3) is 5.98. The second-order valence-electron chi connectivity index (χ2n) is 6.49. The Balaban J connectivity index is 1.57. The fourth-order valence-electron chi connectivity index (χ4n) is 2.62. The maximum absolute atomic E-state index is 13.1. The third-order valence-corrected chi connectivity index (χ3v) is 6.88. The highest BCUT2D eigenvalue weighted by molar-refractivity contribution is 7.89. The van der Waals surface area contributed by atoms with E-state index in [9.17, 15) is 22.4 Å². The monoisotopic (exact) mass is 477 g/mol. The molecule has 3 aromatic rings. The van der Waals surface area contributed by atoms with E-state index >= 15 is 0 Å². The maximum Gasteiger partial charge on any atom is 0.279 e.